The van der Waals surface area contributed by atoms with Gasteiger partial charge in [-0.15, -0.1) is 0 Å². The molecule has 3 amide bonds. The highest BCUT2D eigenvalue weighted by Crippen LogP contribution is 2.11. The van der Waals surface area contributed by atoms with Crippen molar-refractivity contribution in [1.82, 2.24) is 10.6 Å². The zero-order chi connectivity index (χ0) is 19.5. The largest absolute Gasteiger partial charge is 0.368 e. The lowest BCUT2D eigenvalue weighted by Crippen LogP contribution is -2.53. The summed E-state index contributed by atoms with van der Waals surface area (Å²) in [6.45, 7) is 3.35. The van der Waals surface area contributed by atoms with Gasteiger partial charge < -0.3 is 16.4 Å². The number of carbonyl (C=O) groups is 3. The topological polar surface area (TPSA) is 101 Å². The maximum absolute atomic E-state index is 13.9. The predicted molar refractivity (Wildman–Crippen MR) is 97.6 cm³/mol. The number of hydrogen-bond donors (Lipinski definition) is 3. The van der Waals surface area contributed by atoms with Crippen LogP contribution in [0.3, 0.4) is 0 Å². The molecule has 0 fully saturated rings. The molecule has 0 unspecified atom stereocenters. The summed E-state index contributed by atoms with van der Waals surface area (Å²) in [7, 11) is 0. The Hall–Kier alpha value is -2.44. The molecule has 0 radical (unpaired) electrons. The third kappa shape index (κ3) is 7.63. The van der Waals surface area contributed by atoms with E-state index in [0.29, 0.717) is 12.0 Å². The van der Waals surface area contributed by atoms with E-state index in [1.54, 1.807) is 18.2 Å². The Morgan fingerprint density at radius 3 is 2.35 bits per heavy atom. The third-order valence-corrected chi connectivity index (χ3v) is 4.08. The molecule has 4 N–H and O–H groups in total. The zero-order valence-corrected chi connectivity index (χ0v) is 15.4. The zero-order valence-electron chi connectivity index (χ0n) is 15.4. The number of benzene rings is 1. The van der Waals surface area contributed by atoms with Gasteiger partial charge in [0.1, 0.15) is 17.9 Å². The Bertz CT molecular complexity index is 622. The fourth-order valence-corrected chi connectivity index (χ4v) is 2.67. The van der Waals surface area contributed by atoms with E-state index >= 15 is 0 Å². The first-order valence-corrected chi connectivity index (χ1v) is 8.95. The molecule has 26 heavy (non-hydrogen) atoms. The van der Waals surface area contributed by atoms with Crippen LogP contribution in [0, 0.1) is 5.82 Å². The molecular formula is C19H28FN3O3. The fraction of sp³-hybridized carbons (Fsp3) is 0.526. The minimum absolute atomic E-state index is 0.0145. The molecule has 0 heterocycles. The Morgan fingerprint density at radius 1 is 1.08 bits per heavy atom. The van der Waals surface area contributed by atoms with Gasteiger partial charge >= 0.3 is 0 Å². The first-order chi connectivity index (χ1) is 12.3. The van der Waals surface area contributed by atoms with Crippen molar-refractivity contribution in [3.05, 3.63) is 35.6 Å². The molecule has 0 spiro atoms. The van der Waals surface area contributed by atoms with E-state index in [2.05, 4.69) is 17.6 Å². The van der Waals surface area contributed by atoms with E-state index < -0.39 is 35.6 Å². The number of nitrogens with two attached hydrogens (primary N) is 1. The summed E-state index contributed by atoms with van der Waals surface area (Å²) < 4.78 is 13.9. The molecule has 0 aromatic heterocycles. The summed E-state index contributed by atoms with van der Waals surface area (Å²) in [5.41, 5.74) is 5.68. The van der Waals surface area contributed by atoms with Crippen LogP contribution in [0.5, 0.6) is 0 Å². The van der Waals surface area contributed by atoms with Crippen LogP contribution in [-0.2, 0) is 20.8 Å². The number of primary amides is 1. The molecule has 2 atom stereocenters. The molecule has 1 aromatic carbocycles. The monoisotopic (exact) mass is 365 g/mol. The van der Waals surface area contributed by atoms with E-state index in [1.807, 2.05) is 0 Å². The summed E-state index contributed by atoms with van der Waals surface area (Å²) in [4.78, 5) is 35.6. The van der Waals surface area contributed by atoms with Crippen molar-refractivity contribution in [2.24, 2.45) is 5.73 Å². The summed E-state index contributed by atoms with van der Waals surface area (Å²) in [6, 6.07) is 4.25. The molecule has 1 rings (SSSR count). The van der Waals surface area contributed by atoms with Gasteiger partial charge in [-0.25, -0.2) is 4.39 Å². The fourth-order valence-electron chi connectivity index (χ4n) is 2.67. The number of hydrogen-bond acceptors (Lipinski definition) is 3. The summed E-state index contributed by atoms with van der Waals surface area (Å²) in [6.07, 6.45) is 4.23. The van der Waals surface area contributed by atoms with Gasteiger partial charge in [0, 0.05) is 13.3 Å². The van der Waals surface area contributed by atoms with Crippen molar-refractivity contribution in [2.75, 3.05) is 0 Å². The van der Waals surface area contributed by atoms with Gasteiger partial charge in [-0.05, 0) is 18.1 Å². The van der Waals surface area contributed by atoms with Gasteiger partial charge in [-0.2, -0.15) is 0 Å². The summed E-state index contributed by atoms with van der Waals surface area (Å²) >= 11 is 0. The van der Waals surface area contributed by atoms with E-state index in [4.69, 9.17) is 5.73 Å². The molecule has 0 aliphatic carbocycles. The highest BCUT2D eigenvalue weighted by Gasteiger charge is 2.25. The number of carbonyl (C=O) groups excluding carboxylic acids is 3. The number of rotatable bonds is 11. The Kier molecular flexibility index (Phi) is 9.33. The van der Waals surface area contributed by atoms with E-state index in [1.165, 1.54) is 13.0 Å². The molecule has 0 saturated heterocycles. The number of halogens is 1. The van der Waals surface area contributed by atoms with Crippen molar-refractivity contribution in [2.45, 2.75) is 64.5 Å². The first-order valence-electron chi connectivity index (χ1n) is 8.95. The van der Waals surface area contributed by atoms with Gasteiger partial charge in [0.2, 0.25) is 17.7 Å². The van der Waals surface area contributed by atoms with Crippen LogP contribution in [0.4, 0.5) is 4.39 Å². The SMILES string of the molecule is CCCCCC[C@H](NC(=O)[C@@H](Cc1ccccc1F)NC(C)=O)C(N)=O. The van der Waals surface area contributed by atoms with Crippen molar-refractivity contribution in [3.63, 3.8) is 0 Å². The minimum atomic E-state index is -0.984. The molecule has 0 bridgehead atoms. The second-order valence-electron chi connectivity index (χ2n) is 6.36. The average molecular weight is 365 g/mol. The second-order valence-corrected chi connectivity index (χ2v) is 6.36. The van der Waals surface area contributed by atoms with Crippen molar-refractivity contribution < 1.29 is 18.8 Å². The van der Waals surface area contributed by atoms with Gasteiger partial charge in [0.25, 0.3) is 0 Å². The number of amides is 3. The Labute approximate surface area is 153 Å². The number of nitrogens with one attached hydrogen (secondary N) is 2. The number of unbranched alkanes of at least 4 members (excludes halogenated alkanes) is 3. The Balaban J connectivity index is 2.78. The molecule has 7 heteroatoms. The molecule has 1 aromatic rings. The van der Waals surface area contributed by atoms with Gasteiger partial charge in [-0.3, -0.25) is 14.4 Å². The maximum atomic E-state index is 13.9. The molecular weight excluding hydrogens is 337 g/mol. The first kappa shape index (κ1) is 21.6. The standard InChI is InChI=1S/C19H28FN3O3/c1-3-4-5-6-11-16(18(21)25)23-19(26)17(22-13(2)24)12-14-9-7-8-10-15(14)20/h7-10,16-17H,3-6,11-12H2,1-2H3,(H2,21,25)(H,22,24)(H,23,26)/t16-,17+/m0/s1. The van der Waals surface area contributed by atoms with Gasteiger partial charge in [0.05, 0.1) is 0 Å². The molecule has 0 aliphatic rings. The maximum Gasteiger partial charge on any atom is 0.243 e. The van der Waals surface area contributed by atoms with E-state index in [0.717, 1.165) is 25.7 Å². The van der Waals surface area contributed by atoms with Crippen molar-refractivity contribution in [3.8, 4) is 0 Å². The molecule has 144 valence electrons. The molecule has 6 nitrogen and oxygen atoms in total. The third-order valence-electron chi connectivity index (χ3n) is 4.08. The van der Waals surface area contributed by atoms with Gasteiger partial charge in [-0.1, -0.05) is 50.8 Å². The average Bonchev–Trinajstić information content (AvgIpc) is 2.58. The minimum Gasteiger partial charge on any atom is -0.368 e. The van der Waals surface area contributed by atoms with Crippen LogP contribution in [-0.4, -0.2) is 29.8 Å². The molecule has 0 saturated carbocycles. The summed E-state index contributed by atoms with van der Waals surface area (Å²) in [5.74, 6) is -2.05. The van der Waals surface area contributed by atoms with Crippen LogP contribution in [0.2, 0.25) is 0 Å². The molecule has 0 aliphatic heterocycles. The van der Waals surface area contributed by atoms with E-state index in [-0.39, 0.29) is 6.42 Å². The highest BCUT2D eigenvalue weighted by molar-refractivity contribution is 5.91. The smallest absolute Gasteiger partial charge is 0.243 e. The predicted octanol–water partition coefficient (Wildman–Crippen LogP) is 1.81. The van der Waals surface area contributed by atoms with Gasteiger partial charge in [0.15, 0.2) is 0 Å². The van der Waals surface area contributed by atoms with E-state index in [9.17, 15) is 18.8 Å². The van der Waals surface area contributed by atoms with Crippen LogP contribution in [0.1, 0.15) is 51.5 Å². The summed E-state index contributed by atoms with van der Waals surface area (Å²) in [5, 5.41) is 5.09. The second kappa shape index (κ2) is 11.2. The Morgan fingerprint density at radius 2 is 1.77 bits per heavy atom. The van der Waals surface area contributed by atoms with Crippen LogP contribution in [0.25, 0.3) is 0 Å². The van der Waals surface area contributed by atoms with Crippen LogP contribution in [0.15, 0.2) is 24.3 Å². The van der Waals surface area contributed by atoms with Crippen molar-refractivity contribution >= 4 is 17.7 Å². The van der Waals surface area contributed by atoms with Crippen LogP contribution >= 0.6 is 0 Å². The lowest BCUT2D eigenvalue weighted by molar-refractivity contribution is -0.131. The highest BCUT2D eigenvalue weighted by atomic mass is 19.1. The van der Waals surface area contributed by atoms with Crippen LogP contribution < -0.4 is 16.4 Å². The quantitative estimate of drug-likeness (QED) is 0.521. The lowest BCUT2D eigenvalue weighted by Gasteiger charge is -2.22. The lowest BCUT2D eigenvalue weighted by atomic mass is 10.0. The van der Waals surface area contributed by atoms with Crippen molar-refractivity contribution in [1.29, 1.82) is 0 Å². The normalized spacial score (nSPS) is 12.9.